The zero-order valence-corrected chi connectivity index (χ0v) is 17.7. The summed E-state index contributed by atoms with van der Waals surface area (Å²) >= 11 is 0. The molecule has 1 aromatic heterocycles. The summed E-state index contributed by atoms with van der Waals surface area (Å²) < 4.78 is 0. The predicted molar refractivity (Wildman–Crippen MR) is 114 cm³/mol. The van der Waals surface area contributed by atoms with Crippen LogP contribution in [0.4, 0.5) is 11.6 Å². The lowest BCUT2D eigenvalue weighted by Gasteiger charge is -2.30. The molecule has 0 spiro atoms. The molecule has 1 aromatic carbocycles. The van der Waals surface area contributed by atoms with Gasteiger partial charge in [0.25, 0.3) is 5.91 Å². The third-order valence-electron chi connectivity index (χ3n) is 5.58. The first-order valence-electron chi connectivity index (χ1n) is 10.4. The van der Waals surface area contributed by atoms with Gasteiger partial charge in [0.2, 0.25) is 5.95 Å². The number of nitrogens with zero attached hydrogens (tertiary/aromatic N) is 3. The van der Waals surface area contributed by atoms with E-state index in [9.17, 15) is 4.79 Å². The Morgan fingerprint density at radius 1 is 1.04 bits per heavy atom. The number of hydrogen-bond donors (Lipinski definition) is 1. The highest BCUT2D eigenvalue weighted by atomic mass is 16.2. The van der Waals surface area contributed by atoms with Crippen LogP contribution in [0, 0.1) is 5.92 Å². The van der Waals surface area contributed by atoms with Gasteiger partial charge in [-0.05, 0) is 41.7 Å². The highest BCUT2D eigenvalue weighted by Gasteiger charge is 2.22. The fourth-order valence-electron chi connectivity index (χ4n) is 3.70. The van der Waals surface area contributed by atoms with Gasteiger partial charge in [-0.15, -0.1) is 0 Å². The molecule has 2 aromatic rings. The number of likely N-dealkylation sites (tertiary alicyclic amines) is 1. The van der Waals surface area contributed by atoms with Gasteiger partial charge in [-0.1, -0.05) is 52.8 Å². The highest BCUT2D eigenvalue weighted by molar-refractivity contribution is 5.93. The molecule has 1 amide bonds. The normalized spacial score (nSPS) is 15.3. The Hall–Kier alpha value is -2.43. The van der Waals surface area contributed by atoms with E-state index in [0.29, 0.717) is 29.3 Å². The van der Waals surface area contributed by atoms with Crippen molar-refractivity contribution < 1.29 is 4.79 Å². The van der Waals surface area contributed by atoms with Crippen LogP contribution in [0.3, 0.4) is 0 Å². The smallest absolute Gasteiger partial charge is 0.256 e. The van der Waals surface area contributed by atoms with Crippen LogP contribution in [0.5, 0.6) is 0 Å². The largest absolute Gasteiger partial charge is 0.339 e. The number of anilines is 2. The lowest BCUT2D eigenvalue weighted by atomic mass is 9.93. The second-order valence-corrected chi connectivity index (χ2v) is 8.52. The summed E-state index contributed by atoms with van der Waals surface area (Å²) in [6.07, 6.45) is 5.41. The lowest BCUT2D eigenvalue weighted by molar-refractivity contribution is 0.0696. The minimum atomic E-state index is 0.0314. The van der Waals surface area contributed by atoms with E-state index in [4.69, 9.17) is 0 Å². The van der Waals surface area contributed by atoms with Gasteiger partial charge in [0.1, 0.15) is 0 Å². The van der Waals surface area contributed by atoms with Gasteiger partial charge in [-0.25, -0.2) is 9.97 Å². The molecule has 0 saturated carbocycles. The Morgan fingerprint density at radius 2 is 1.57 bits per heavy atom. The average Bonchev–Trinajstić information content (AvgIpc) is 2.68. The van der Waals surface area contributed by atoms with Crippen LogP contribution in [0.1, 0.15) is 80.8 Å². The monoisotopic (exact) mass is 380 g/mol. The topological polar surface area (TPSA) is 58.1 Å². The van der Waals surface area contributed by atoms with Gasteiger partial charge < -0.3 is 10.2 Å². The van der Waals surface area contributed by atoms with Gasteiger partial charge in [-0.3, -0.25) is 4.79 Å². The number of benzene rings is 1. The summed E-state index contributed by atoms with van der Waals surface area (Å²) in [7, 11) is 0. The Morgan fingerprint density at radius 3 is 2.07 bits per heavy atom. The number of carbonyl (C=O) groups excluding carboxylic acids is 1. The molecule has 28 heavy (non-hydrogen) atoms. The Labute approximate surface area is 168 Å². The van der Waals surface area contributed by atoms with Gasteiger partial charge in [0.05, 0.1) is 5.56 Å². The third-order valence-corrected chi connectivity index (χ3v) is 5.58. The van der Waals surface area contributed by atoms with E-state index in [1.54, 1.807) is 12.4 Å². The maximum Gasteiger partial charge on any atom is 0.256 e. The molecule has 150 valence electrons. The van der Waals surface area contributed by atoms with E-state index < -0.39 is 0 Å². The Kier molecular flexibility index (Phi) is 6.32. The molecule has 1 N–H and O–H groups in total. The number of aromatic nitrogens is 2. The first-order valence-corrected chi connectivity index (χ1v) is 10.4. The molecule has 1 saturated heterocycles. The van der Waals surface area contributed by atoms with Crippen molar-refractivity contribution in [1.82, 2.24) is 14.9 Å². The second-order valence-electron chi connectivity index (χ2n) is 8.52. The lowest BCUT2D eigenvalue weighted by Crippen LogP contribution is -2.38. The molecule has 0 bridgehead atoms. The summed E-state index contributed by atoms with van der Waals surface area (Å²) in [5.41, 5.74) is 4.13. The average molecular weight is 381 g/mol. The number of nitrogens with one attached hydrogen (secondary N) is 1. The summed E-state index contributed by atoms with van der Waals surface area (Å²) in [5.74, 6) is 2.04. The van der Waals surface area contributed by atoms with E-state index in [1.807, 2.05) is 4.90 Å². The molecule has 0 atom stereocenters. The zero-order chi connectivity index (χ0) is 20.3. The Balaban J connectivity index is 1.79. The van der Waals surface area contributed by atoms with E-state index >= 15 is 0 Å². The minimum Gasteiger partial charge on any atom is -0.339 e. The SMILES string of the molecule is CC1CCN(C(=O)c2cnc(Nc3c(C(C)C)cccc3C(C)C)nc2)CC1. The molecule has 0 radical (unpaired) electrons. The maximum atomic E-state index is 12.7. The van der Waals surface area contributed by atoms with Crippen LogP contribution in [-0.4, -0.2) is 33.9 Å². The molecule has 0 aliphatic carbocycles. The number of rotatable bonds is 5. The van der Waals surface area contributed by atoms with Crippen molar-refractivity contribution in [3.63, 3.8) is 0 Å². The molecule has 5 heteroatoms. The fourth-order valence-corrected chi connectivity index (χ4v) is 3.70. The van der Waals surface area contributed by atoms with E-state index in [0.717, 1.165) is 31.6 Å². The van der Waals surface area contributed by atoms with Gasteiger partial charge in [-0.2, -0.15) is 0 Å². The molecule has 3 rings (SSSR count). The summed E-state index contributed by atoms with van der Waals surface area (Å²) in [5, 5.41) is 3.41. The van der Waals surface area contributed by atoms with Crippen molar-refractivity contribution in [2.24, 2.45) is 5.92 Å². The maximum absolute atomic E-state index is 12.7. The summed E-state index contributed by atoms with van der Waals surface area (Å²) in [4.78, 5) is 23.5. The van der Waals surface area contributed by atoms with Crippen molar-refractivity contribution >= 4 is 17.5 Å². The van der Waals surface area contributed by atoms with Crippen molar-refractivity contribution in [3.05, 3.63) is 47.3 Å². The predicted octanol–water partition coefficient (Wildman–Crippen LogP) is 5.34. The number of carbonyl (C=O) groups is 1. The van der Waals surface area contributed by atoms with E-state index in [2.05, 4.69) is 68.1 Å². The molecule has 5 nitrogen and oxygen atoms in total. The van der Waals surface area contributed by atoms with Crippen LogP contribution in [0.25, 0.3) is 0 Å². The molecule has 1 fully saturated rings. The van der Waals surface area contributed by atoms with E-state index in [1.165, 1.54) is 11.1 Å². The number of hydrogen-bond acceptors (Lipinski definition) is 4. The molecular weight excluding hydrogens is 348 g/mol. The Bertz CT molecular complexity index is 780. The first-order chi connectivity index (χ1) is 13.4. The fraction of sp³-hybridized carbons (Fsp3) is 0.522. The molecular formula is C23H32N4O. The second kappa shape index (κ2) is 8.72. The van der Waals surface area contributed by atoms with Crippen molar-refractivity contribution in [2.75, 3.05) is 18.4 Å². The van der Waals surface area contributed by atoms with Gasteiger partial charge in [0, 0.05) is 31.2 Å². The number of para-hydroxylation sites is 1. The molecule has 1 aliphatic heterocycles. The van der Waals surface area contributed by atoms with Crippen molar-refractivity contribution in [2.45, 2.75) is 59.3 Å². The standard InChI is InChI=1S/C23H32N4O/c1-15(2)19-7-6-8-20(16(3)4)21(19)26-23-24-13-18(14-25-23)22(28)27-11-9-17(5)10-12-27/h6-8,13-17H,9-12H2,1-5H3,(H,24,25,26). The van der Waals surface area contributed by atoms with Crippen LogP contribution in [0.2, 0.25) is 0 Å². The van der Waals surface area contributed by atoms with Gasteiger partial charge in [0.15, 0.2) is 0 Å². The molecule has 1 aliphatic rings. The minimum absolute atomic E-state index is 0.0314. The highest BCUT2D eigenvalue weighted by Crippen LogP contribution is 2.33. The van der Waals surface area contributed by atoms with Crippen molar-refractivity contribution in [1.29, 1.82) is 0 Å². The molecule has 2 heterocycles. The summed E-state index contributed by atoms with van der Waals surface area (Å²) in [6.45, 7) is 12.6. The van der Waals surface area contributed by atoms with E-state index in [-0.39, 0.29) is 5.91 Å². The van der Waals surface area contributed by atoms with Gasteiger partial charge >= 0.3 is 0 Å². The molecule has 0 unspecified atom stereocenters. The summed E-state index contributed by atoms with van der Waals surface area (Å²) in [6, 6.07) is 6.40. The number of piperidine rings is 1. The third kappa shape index (κ3) is 4.51. The van der Waals surface area contributed by atoms with Crippen LogP contribution in [0.15, 0.2) is 30.6 Å². The van der Waals surface area contributed by atoms with Crippen LogP contribution in [-0.2, 0) is 0 Å². The van der Waals surface area contributed by atoms with Crippen molar-refractivity contribution in [3.8, 4) is 0 Å². The van der Waals surface area contributed by atoms with Crippen LogP contribution >= 0.6 is 0 Å². The van der Waals surface area contributed by atoms with Crippen LogP contribution < -0.4 is 5.32 Å². The quantitative estimate of drug-likeness (QED) is 0.761. The number of amides is 1. The zero-order valence-electron chi connectivity index (χ0n) is 17.7. The first kappa shape index (κ1) is 20.3.